The highest BCUT2D eigenvalue weighted by Crippen LogP contribution is 2.44. The highest BCUT2D eigenvalue weighted by molar-refractivity contribution is 7.86. The monoisotopic (exact) mass is 332 g/mol. The molecule has 0 unspecified atom stereocenters. The van der Waals surface area contributed by atoms with Crippen LogP contribution in [0, 0.1) is 0 Å². The first-order chi connectivity index (χ1) is 10.7. The van der Waals surface area contributed by atoms with Crippen molar-refractivity contribution in [2.24, 2.45) is 0 Å². The van der Waals surface area contributed by atoms with Crippen molar-refractivity contribution in [3.05, 3.63) is 35.9 Å². The Labute approximate surface area is 137 Å². The molecule has 2 aromatic carbocycles. The summed E-state index contributed by atoms with van der Waals surface area (Å²) in [6.07, 6.45) is 0. The van der Waals surface area contributed by atoms with Gasteiger partial charge in [0.15, 0.2) is 5.71 Å². The Morgan fingerprint density at radius 2 is 1.87 bits per heavy atom. The van der Waals surface area contributed by atoms with Crippen LogP contribution >= 0.6 is 0 Å². The van der Waals surface area contributed by atoms with Crippen LogP contribution < -0.4 is 0 Å². The van der Waals surface area contributed by atoms with Crippen molar-refractivity contribution in [3.63, 3.8) is 0 Å². The average molecular weight is 332 g/mol. The number of nitrogens with zero attached hydrogens (tertiary/aromatic N) is 1. The molecule has 0 radical (unpaired) electrons. The SMILES string of the molecule is CC[N+]1=C(C)C(C)(C)c2c1ccc1cc(S(=O)(=O)OC)ccc21. The molecule has 0 bridgehead atoms. The molecule has 0 saturated carbocycles. The van der Waals surface area contributed by atoms with Gasteiger partial charge in [0, 0.05) is 18.6 Å². The van der Waals surface area contributed by atoms with Crippen LogP contribution in [-0.4, -0.2) is 32.4 Å². The molecule has 3 rings (SSSR count). The highest BCUT2D eigenvalue weighted by atomic mass is 32.2. The fourth-order valence-corrected chi connectivity index (χ4v) is 4.23. The quantitative estimate of drug-likeness (QED) is 0.637. The minimum absolute atomic E-state index is 0.0769. The first-order valence-electron chi connectivity index (χ1n) is 7.73. The van der Waals surface area contributed by atoms with E-state index in [9.17, 15) is 8.42 Å². The van der Waals surface area contributed by atoms with E-state index in [2.05, 4.69) is 42.5 Å². The molecule has 0 N–H and O–H groups in total. The van der Waals surface area contributed by atoms with Gasteiger partial charge in [0.25, 0.3) is 10.1 Å². The lowest BCUT2D eigenvalue weighted by Crippen LogP contribution is -2.26. The summed E-state index contributed by atoms with van der Waals surface area (Å²) >= 11 is 0. The van der Waals surface area contributed by atoms with Crippen LogP contribution in [0.3, 0.4) is 0 Å². The molecule has 2 aromatic rings. The molecule has 122 valence electrons. The summed E-state index contributed by atoms with van der Waals surface area (Å²) in [5, 5.41) is 2.01. The third-order valence-electron chi connectivity index (χ3n) is 5.02. The highest BCUT2D eigenvalue weighted by Gasteiger charge is 2.43. The molecule has 1 aliphatic rings. The Morgan fingerprint density at radius 3 is 2.48 bits per heavy atom. The van der Waals surface area contributed by atoms with Crippen molar-refractivity contribution in [1.82, 2.24) is 0 Å². The summed E-state index contributed by atoms with van der Waals surface area (Å²) in [5.74, 6) is 0. The Balaban J connectivity index is 2.31. The predicted octanol–water partition coefficient (Wildman–Crippen LogP) is 3.59. The predicted molar refractivity (Wildman–Crippen MR) is 92.3 cm³/mol. The van der Waals surface area contributed by atoms with E-state index >= 15 is 0 Å². The van der Waals surface area contributed by atoms with Crippen molar-refractivity contribution in [2.75, 3.05) is 13.7 Å². The number of hydrogen-bond acceptors (Lipinski definition) is 3. The van der Waals surface area contributed by atoms with Gasteiger partial charge in [0.2, 0.25) is 5.69 Å². The molecule has 0 aromatic heterocycles. The molecule has 0 amide bonds. The van der Waals surface area contributed by atoms with Gasteiger partial charge < -0.3 is 0 Å². The molecule has 5 heteroatoms. The zero-order valence-electron chi connectivity index (χ0n) is 14.2. The molecule has 0 fully saturated rings. The smallest absolute Gasteiger partial charge is 0.270 e. The topological polar surface area (TPSA) is 46.4 Å². The third-order valence-corrected chi connectivity index (χ3v) is 6.29. The number of hydrogen-bond donors (Lipinski definition) is 0. The van der Waals surface area contributed by atoms with E-state index in [1.807, 2.05) is 12.1 Å². The Kier molecular flexibility index (Phi) is 3.61. The van der Waals surface area contributed by atoms with Crippen LogP contribution in [-0.2, 0) is 19.7 Å². The summed E-state index contributed by atoms with van der Waals surface area (Å²) in [6, 6.07) is 9.28. The maximum absolute atomic E-state index is 11.9. The molecule has 4 nitrogen and oxygen atoms in total. The van der Waals surface area contributed by atoms with Crippen molar-refractivity contribution < 1.29 is 17.2 Å². The van der Waals surface area contributed by atoms with Gasteiger partial charge in [0.1, 0.15) is 6.54 Å². The molecule has 1 aliphatic heterocycles. The van der Waals surface area contributed by atoms with Crippen LogP contribution in [0.15, 0.2) is 35.2 Å². The van der Waals surface area contributed by atoms with Gasteiger partial charge in [-0.1, -0.05) is 6.07 Å². The number of benzene rings is 2. The van der Waals surface area contributed by atoms with Crippen LogP contribution in [0.4, 0.5) is 5.69 Å². The van der Waals surface area contributed by atoms with Crippen molar-refractivity contribution in [2.45, 2.75) is 38.0 Å². The summed E-state index contributed by atoms with van der Waals surface area (Å²) in [7, 11) is -2.49. The van der Waals surface area contributed by atoms with Gasteiger partial charge in [-0.15, -0.1) is 0 Å². The average Bonchev–Trinajstić information content (AvgIpc) is 2.73. The van der Waals surface area contributed by atoms with Gasteiger partial charge in [-0.2, -0.15) is 13.0 Å². The second-order valence-corrected chi connectivity index (χ2v) is 8.13. The molecule has 0 spiro atoms. The fraction of sp³-hybridized carbons (Fsp3) is 0.389. The number of fused-ring (bicyclic) bond motifs is 3. The van der Waals surface area contributed by atoms with Crippen LogP contribution in [0.25, 0.3) is 10.8 Å². The first kappa shape index (κ1) is 16.1. The van der Waals surface area contributed by atoms with Crippen molar-refractivity contribution in [3.8, 4) is 0 Å². The molecular weight excluding hydrogens is 310 g/mol. The first-order valence-corrected chi connectivity index (χ1v) is 9.14. The van der Waals surface area contributed by atoms with Gasteiger partial charge in [0.05, 0.1) is 17.4 Å². The van der Waals surface area contributed by atoms with E-state index in [-0.39, 0.29) is 10.3 Å². The Bertz CT molecular complexity index is 940. The third kappa shape index (κ3) is 2.22. The van der Waals surface area contributed by atoms with E-state index in [0.29, 0.717) is 0 Å². The molecular formula is C18H22NO3S+. The second-order valence-electron chi connectivity index (χ2n) is 6.42. The molecule has 23 heavy (non-hydrogen) atoms. The van der Waals surface area contributed by atoms with Crippen LogP contribution in [0.5, 0.6) is 0 Å². The molecule has 0 atom stereocenters. The standard InChI is InChI=1S/C18H22NO3S/c1-6-19-12(2)18(3,4)17-15-9-8-14(23(20,21)22-5)11-13(15)7-10-16(17)19/h7-11H,6H2,1-5H3/q+1. The largest absolute Gasteiger partial charge is 0.296 e. The van der Waals surface area contributed by atoms with Crippen LogP contribution in [0.2, 0.25) is 0 Å². The lowest BCUT2D eigenvalue weighted by molar-refractivity contribution is -0.434. The van der Waals surface area contributed by atoms with E-state index in [4.69, 9.17) is 0 Å². The maximum Gasteiger partial charge on any atom is 0.296 e. The second kappa shape index (κ2) is 5.14. The summed E-state index contributed by atoms with van der Waals surface area (Å²) in [5.41, 5.74) is 3.71. The summed E-state index contributed by atoms with van der Waals surface area (Å²) < 4.78 is 30.8. The summed E-state index contributed by atoms with van der Waals surface area (Å²) in [4.78, 5) is 0.191. The van der Waals surface area contributed by atoms with E-state index in [1.165, 1.54) is 24.1 Å². The lowest BCUT2D eigenvalue weighted by Gasteiger charge is -2.17. The van der Waals surface area contributed by atoms with Crippen LogP contribution in [0.1, 0.15) is 33.3 Å². The molecule has 1 heterocycles. The van der Waals surface area contributed by atoms with Crippen molar-refractivity contribution in [1.29, 1.82) is 0 Å². The minimum Gasteiger partial charge on any atom is -0.270 e. The van der Waals surface area contributed by atoms with Gasteiger partial charge >= 0.3 is 0 Å². The van der Waals surface area contributed by atoms with E-state index < -0.39 is 10.1 Å². The zero-order valence-corrected chi connectivity index (χ0v) is 15.0. The van der Waals surface area contributed by atoms with Gasteiger partial charge in [-0.05, 0) is 49.7 Å². The normalized spacial score (nSPS) is 16.9. The minimum atomic E-state index is -3.67. The van der Waals surface area contributed by atoms with E-state index in [0.717, 1.165) is 17.3 Å². The van der Waals surface area contributed by atoms with Gasteiger partial charge in [-0.25, -0.2) is 0 Å². The molecule has 0 saturated heterocycles. The summed E-state index contributed by atoms with van der Waals surface area (Å²) in [6.45, 7) is 9.67. The number of rotatable bonds is 3. The van der Waals surface area contributed by atoms with Gasteiger partial charge in [-0.3, -0.25) is 4.18 Å². The Hall–Kier alpha value is -1.72. The Morgan fingerprint density at radius 1 is 1.17 bits per heavy atom. The molecule has 0 aliphatic carbocycles. The lowest BCUT2D eigenvalue weighted by atomic mass is 9.80. The van der Waals surface area contributed by atoms with Crippen molar-refractivity contribution >= 4 is 32.3 Å². The zero-order chi connectivity index (χ0) is 17.0. The maximum atomic E-state index is 11.9. The fourth-order valence-electron chi connectivity index (χ4n) is 3.54. The van der Waals surface area contributed by atoms with E-state index in [1.54, 1.807) is 12.1 Å².